The van der Waals surface area contributed by atoms with Crippen molar-refractivity contribution in [2.24, 2.45) is 11.8 Å². The van der Waals surface area contributed by atoms with Crippen LogP contribution in [0.3, 0.4) is 0 Å². The first-order chi connectivity index (χ1) is 10.1. The van der Waals surface area contributed by atoms with Crippen LogP contribution in [0.4, 0.5) is 0 Å². The van der Waals surface area contributed by atoms with Crippen LogP contribution in [0.25, 0.3) is 0 Å². The number of hydrogen-bond acceptors (Lipinski definition) is 3. The molecule has 0 aromatic carbocycles. The SMILES string of the molecule is CCCCCNC(=O)C(C)N1C(=O)C2CCCCC2C1=O. The van der Waals surface area contributed by atoms with Gasteiger partial charge in [0.05, 0.1) is 11.8 Å². The number of rotatable bonds is 6. The van der Waals surface area contributed by atoms with Crippen molar-refractivity contribution in [3.05, 3.63) is 0 Å². The van der Waals surface area contributed by atoms with Crippen molar-refractivity contribution in [1.82, 2.24) is 10.2 Å². The van der Waals surface area contributed by atoms with E-state index in [1.807, 2.05) is 0 Å². The van der Waals surface area contributed by atoms with Gasteiger partial charge >= 0.3 is 0 Å². The van der Waals surface area contributed by atoms with Crippen LogP contribution < -0.4 is 5.32 Å². The maximum absolute atomic E-state index is 12.4. The number of carbonyl (C=O) groups is 3. The topological polar surface area (TPSA) is 66.5 Å². The molecular weight excluding hydrogens is 268 g/mol. The minimum atomic E-state index is -0.683. The van der Waals surface area contributed by atoms with E-state index in [1.165, 1.54) is 4.90 Å². The molecule has 1 saturated heterocycles. The van der Waals surface area contributed by atoms with Gasteiger partial charge in [-0.2, -0.15) is 0 Å². The highest BCUT2D eigenvalue weighted by atomic mass is 16.2. The molecule has 5 heteroatoms. The lowest BCUT2D eigenvalue weighted by Gasteiger charge is -2.22. The monoisotopic (exact) mass is 294 g/mol. The fourth-order valence-electron chi connectivity index (χ4n) is 3.42. The van der Waals surface area contributed by atoms with Gasteiger partial charge < -0.3 is 5.32 Å². The lowest BCUT2D eigenvalue weighted by atomic mass is 9.81. The van der Waals surface area contributed by atoms with E-state index in [4.69, 9.17) is 0 Å². The first kappa shape index (κ1) is 16.0. The molecule has 1 aliphatic heterocycles. The molecular formula is C16H26N2O3. The minimum absolute atomic E-state index is 0.138. The van der Waals surface area contributed by atoms with Gasteiger partial charge in [-0.1, -0.05) is 32.6 Å². The molecule has 2 aliphatic rings. The minimum Gasteiger partial charge on any atom is -0.354 e. The summed E-state index contributed by atoms with van der Waals surface area (Å²) in [5, 5.41) is 2.83. The van der Waals surface area contributed by atoms with E-state index < -0.39 is 6.04 Å². The van der Waals surface area contributed by atoms with Crippen LogP contribution >= 0.6 is 0 Å². The standard InChI is InChI=1S/C16H26N2O3/c1-3-4-7-10-17-14(19)11(2)18-15(20)12-8-5-6-9-13(12)16(18)21/h11-13H,3-10H2,1-2H3,(H,17,19). The van der Waals surface area contributed by atoms with E-state index in [1.54, 1.807) is 6.92 Å². The zero-order chi connectivity index (χ0) is 15.4. The second-order valence-electron chi connectivity index (χ2n) is 6.22. The molecule has 0 radical (unpaired) electrons. The molecule has 1 aliphatic carbocycles. The second kappa shape index (κ2) is 7.05. The van der Waals surface area contributed by atoms with Crippen LogP contribution in [0.1, 0.15) is 58.8 Å². The van der Waals surface area contributed by atoms with Gasteiger partial charge in [0.25, 0.3) is 0 Å². The van der Waals surface area contributed by atoms with E-state index in [-0.39, 0.29) is 29.6 Å². The summed E-state index contributed by atoms with van der Waals surface area (Å²) in [6, 6.07) is -0.683. The predicted octanol–water partition coefficient (Wildman–Crippen LogP) is 1.86. The summed E-state index contributed by atoms with van der Waals surface area (Å²) in [5.41, 5.74) is 0. The van der Waals surface area contributed by atoms with Crippen molar-refractivity contribution < 1.29 is 14.4 Å². The number of fused-ring (bicyclic) bond motifs is 1. The van der Waals surface area contributed by atoms with Crippen LogP contribution in [0.2, 0.25) is 0 Å². The molecule has 1 heterocycles. The summed E-state index contributed by atoms with van der Waals surface area (Å²) in [5.74, 6) is -0.851. The van der Waals surface area contributed by atoms with Gasteiger partial charge in [-0.15, -0.1) is 0 Å². The average molecular weight is 294 g/mol. The Balaban J connectivity index is 1.95. The zero-order valence-corrected chi connectivity index (χ0v) is 13.1. The largest absolute Gasteiger partial charge is 0.354 e. The van der Waals surface area contributed by atoms with Crippen LogP contribution in [0.5, 0.6) is 0 Å². The van der Waals surface area contributed by atoms with Crippen molar-refractivity contribution in [2.45, 2.75) is 64.8 Å². The van der Waals surface area contributed by atoms with Crippen molar-refractivity contribution in [3.8, 4) is 0 Å². The number of unbranched alkanes of at least 4 members (excludes halogenated alkanes) is 2. The molecule has 0 aromatic rings. The molecule has 118 valence electrons. The van der Waals surface area contributed by atoms with Crippen molar-refractivity contribution >= 4 is 17.7 Å². The Morgan fingerprint density at radius 1 is 1.19 bits per heavy atom. The maximum Gasteiger partial charge on any atom is 0.243 e. The summed E-state index contributed by atoms with van der Waals surface area (Å²) >= 11 is 0. The number of nitrogens with one attached hydrogen (secondary N) is 1. The number of carbonyl (C=O) groups excluding carboxylic acids is 3. The van der Waals surface area contributed by atoms with Crippen LogP contribution in [0.15, 0.2) is 0 Å². The summed E-state index contributed by atoms with van der Waals surface area (Å²) in [6.07, 6.45) is 6.69. The molecule has 0 bridgehead atoms. The fraction of sp³-hybridized carbons (Fsp3) is 0.812. The fourth-order valence-corrected chi connectivity index (χ4v) is 3.42. The first-order valence-corrected chi connectivity index (χ1v) is 8.22. The summed E-state index contributed by atoms with van der Waals surface area (Å²) in [7, 11) is 0. The molecule has 21 heavy (non-hydrogen) atoms. The number of amides is 3. The van der Waals surface area contributed by atoms with Crippen molar-refractivity contribution in [2.75, 3.05) is 6.54 Å². The number of hydrogen-bond donors (Lipinski definition) is 1. The van der Waals surface area contributed by atoms with Gasteiger partial charge in [0, 0.05) is 6.54 Å². The summed E-state index contributed by atoms with van der Waals surface area (Å²) in [6.45, 7) is 4.37. The highest BCUT2D eigenvalue weighted by Crippen LogP contribution is 2.38. The zero-order valence-electron chi connectivity index (χ0n) is 13.1. The predicted molar refractivity (Wildman–Crippen MR) is 79.3 cm³/mol. The molecule has 3 atom stereocenters. The molecule has 1 N–H and O–H groups in total. The summed E-state index contributed by atoms with van der Waals surface area (Å²) in [4.78, 5) is 38.1. The third-order valence-corrected chi connectivity index (χ3v) is 4.72. The van der Waals surface area contributed by atoms with E-state index in [2.05, 4.69) is 12.2 Å². The van der Waals surface area contributed by atoms with Gasteiger partial charge in [-0.05, 0) is 26.2 Å². The molecule has 5 nitrogen and oxygen atoms in total. The van der Waals surface area contributed by atoms with E-state index in [9.17, 15) is 14.4 Å². The molecule has 3 unspecified atom stereocenters. The number of nitrogens with zero attached hydrogens (tertiary/aromatic N) is 1. The number of likely N-dealkylation sites (tertiary alicyclic amines) is 1. The van der Waals surface area contributed by atoms with Gasteiger partial charge in [0.15, 0.2) is 0 Å². The van der Waals surface area contributed by atoms with Gasteiger partial charge in [-0.25, -0.2) is 0 Å². The Hall–Kier alpha value is -1.39. The Bertz CT molecular complexity index is 398. The molecule has 2 fully saturated rings. The Morgan fingerprint density at radius 3 is 2.29 bits per heavy atom. The van der Waals surface area contributed by atoms with Crippen molar-refractivity contribution in [3.63, 3.8) is 0 Å². The Kier molecular flexibility index (Phi) is 5.37. The van der Waals surface area contributed by atoms with Crippen LogP contribution in [-0.2, 0) is 14.4 Å². The van der Waals surface area contributed by atoms with E-state index in [0.717, 1.165) is 44.9 Å². The molecule has 0 aromatic heterocycles. The van der Waals surface area contributed by atoms with Gasteiger partial charge in [0.2, 0.25) is 17.7 Å². The quantitative estimate of drug-likeness (QED) is 0.600. The summed E-state index contributed by atoms with van der Waals surface area (Å²) < 4.78 is 0. The van der Waals surface area contributed by atoms with Gasteiger partial charge in [0.1, 0.15) is 6.04 Å². The highest BCUT2D eigenvalue weighted by molar-refractivity contribution is 6.08. The third kappa shape index (κ3) is 3.27. The normalized spacial score (nSPS) is 26.7. The Labute approximate surface area is 126 Å². The van der Waals surface area contributed by atoms with Gasteiger partial charge in [-0.3, -0.25) is 19.3 Å². The maximum atomic E-state index is 12.4. The number of imide groups is 1. The molecule has 1 saturated carbocycles. The van der Waals surface area contributed by atoms with Crippen LogP contribution in [-0.4, -0.2) is 35.2 Å². The van der Waals surface area contributed by atoms with Crippen LogP contribution in [0, 0.1) is 11.8 Å². The molecule has 3 amide bonds. The molecule has 2 rings (SSSR count). The lowest BCUT2D eigenvalue weighted by Crippen LogP contribution is -2.48. The third-order valence-electron chi connectivity index (χ3n) is 4.72. The highest BCUT2D eigenvalue weighted by Gasteiger charge is 2.50. The van der Waals surface area contributed by atoms with E-state index in [0.29, 0.717) is 6.54 Å². The first-order valence-electron chi connectivity index (χ1n) is 8.22. The lowest BCUT2D eigenvalue weighted by molar-refractivity contribution is -0.147. The Morgan fingerprint density at radius 2 is 1.76 bits per heavy atom. The second-order valence-corrected chi connectivity index (χ2v) is 6.22. The van der Waals surface area contributed by atoms with E-state index >= 15 is 0 Å². The van der Waals surface area contributed by atoms with Crippen molar-refractivity contribution in [1.29, 1.82) is 0 Å². The smallest absolute Gasteiger partial charge is 0.243 e. The molecule has 0 spiro atoms. The average Bonchev–Trinajstić information content (AvgIpc) is 2.75.